The first-order chi connectivity index (χ1) is 10.7. The number of hydrogen-bond donors (Lipinski definition) is 1. The number of pyridine rings is 1. The van der Waals surface area contributed by atoms with Crippen LogP contribution in [0.3, 0.4) is 0 Å². The molecule has 2 amide bonds. The van der Waals surface area contributed by atoms with Crippen molar-refractivity contribution < 1.29 is 9.59 Å². The van der Waals surface area contributed by atoms with Crippen LogP contribution in [0.4, 0.5) is 0 Å². The zero-order valence-corrected chi connectivity index (χ0v) is 12.9. The summed E-state index contributed by atoms with van der Waals surface area (Å²) in [5, 5.41) is 2.92. The van der Waals surface area contributed by atoms with Gasteiger partial charge in [-0.2, -0.15) is 0 Å². The van der Waals surface area contributed by atoms with Crippen molar-refractivity contribution in [3.05, 3.63) is 30.1 Å². The van der Waals surface area contributed by atoms with Gasteiger partial charge in [0.25, 0.3) is 0 Å². The molecule has 3 rings (SSSR count). The molecule has 2 aliphatic rings. The molecule has 1 N–H and O–H groups in total. The number of hydrogen-bond acceptors (Lipinski definition) is 3. The lowest BCUT2D eigenvalue weighted by Crippen LogP contribution is -2.45. The predicted molar refractivity (Wildman–Crippen MR) is 82.8 cm³/mol. The molecule has 0 radical (unpaired) electrons. The van der Waals surface area contributed by atoms with E-state index in [9.17, 15) is 9.59 Å². The average Bonchev–Trinajstić information content (AvgIpc) is 3.37. The van der Waals surface area contributed by atoms with E-state index in [0.717, 1.165) is 31.5 Å². The van der Waals surface area contributed by atoms with Crippen LogP contribution in [0.5, 0.6) is 0 Å². The van der Waals surface area contributed by atoms with Gasteiger partial charge >= 0.3 is 0 Å². The molecular weight excluding hydrogens is 278 g/mol. The molecule has 0 unspecified atom stereocenters. The molecule has 1 saturated carbocycles. The maximum atomic E-state index is 12.7. The average molecular weight is 301 g/mol. The molecule has 0 aromatic carbocycles. The fourth-order valence-electron chi connectivity index (χ4n) is 3.09. The molecular formula is C17H23N3O2. The molecule has 1 aromatic heterocycles. The molecule has 118 valence electrons. The number of rotatable bonds is 4. The Morgan fingerprint density at radius 1 is 1.09 bits per heavy atom. The third kappa shape index (κ3) is 3.13. The van der Waals surface area contributed by atoms with E-state index in [1.807, 2.05) is 17.0 Å². The van der Waals surface area contributed by atoms with Gasteiger partial charge in [-0.25, -0.2) is 0 Å². The van der Waals surface area contributed by atoms with Crippen LogP contribution < -0.4 is 5.32 Å². The third-order valence-corrected chi connectivity index (χ3v) is 4.69. The second-order valence-electron chi connectivity index (χ2n) is 6.33. The van der Waals surface area contributed by atoms with Gasteiger partial charge in [0.15, 0.2) is 0 Å². The van der Waals surface area contributed by atoms with Crippen LogP contribution in [-0.4, -0.2) is 34.8 Å². The number of nitrogens with one attached hydrogen (secondary N) is 1. The van der Waals surface area contributed by atoms with E-state index >= 15 is 0 Å². The minimum atomic E-state index is -0.780. The first kappa shape index (κ1) is 15.0. The van der Waals surface area contributed by atoms with E-state index < -0.39 is 5.41 Å². The molecule has 2 fully saturated rings. The summed E-state index contributed by atoms with van der Waals surface area (Å²) in [5.41, 5.74) is 0.221. The van der Waals surface area contributed by atoms with Gasteiger partial charge in [0.2, 0.25) is 11.8 Å². The van der Waals surface area contributed by atoms with Crippen molar-refractivity contribution in [3.63, 3.8) is 0 Å². The lowest BCUT2D eigenvalue weighted by molar-refractivity contribution is -0.144. The Kier molecular flexibility index (Phi) is 4.41. The highest BCUT2D eigenvalue weighted by atomic mass is 16.2. The van der Waals surface area contributed by atoms with Gasteiger partial charge in [0, 0.05) is 32.0 Å². The van der Waals surface area contributed by atoms with Gasteiger partial charge in [-0.1, -0.05) is 12.8 Å². The summed E-state index contributed by atoms with van der Waals surface area (Å²) in [7, 11) is 0. The van der Waals surface area contributed by atoms with Crippen LogP contribution in [0.15, 0.2) is 24.5 Å². The van der Waals surface area contributed by atoms with Gasteiger partial charge in [-0.3, -0.25) is 14.6 Å². The summed E-state index contributed by atoms with van der Waals surface area (Å²) in [6.45, 7) is 2.06. The summed E-state index contributed by atoms with van der Waals surface area (Å²) < 4.78 is 0. The van der Waals surface area contributed by atoms with Crippen molar-refractivity contribution in [2.45, 2.75) is 45.1 Å². The van der Waals surface area contributed by atoms with Crippen LogP contribution in [-0.2, 0) is 16.1 Å². The van der Waals surface area contributed by atoms with E-state index in [1.54, 1.807) is 12.4 Å². The Labute approximate surface area is 131 Å². The minimum absolute atomic E-state index is 0.0432. The highest BCUT2D eigenvalue weighted by Gasteiger charge is 2.57. The maximum Gasteiger partial charge on any atom is 0.238 e. The standard InChI is InChI=1S/C17H23N3O2/c21-15(19-13-14-5-9-18-10-6-14)17(7-8-17)16(22)20-11-3-1-2-4-12-20/h5-6,9-10H,1-4,7-8,11-13H2,(H,19,21). The van der Waals surface area contributed by atoms with E-state index in [-0.39, 0.29) is 11.8 Å². The van der Waals surface area contributed by atoms with E-state index in [1.165, 1.54) is 12.8 Å². The number of amides is 2. The van der Waals surface area contributed by atoms with Gasteiger partial charge in [-0.05, 0) is 43.4 Å². The molecule has 1 aliphatic carbocycles. The fraction of sp³-hybridized carbons (Fsp3) is 0.588. The first-order valence-electron chi connectivity index (χ1n) is 8.19. The molecule has 0 bridgehead atoms. The van der Waals surface area contributed by atoms with Gasteiger partial charge in [0.1, 0.15) is 5.41 Å². The van der Waals surface area contributed by atoms with Crippen LogP contribution >= 0.6 is 0 Å². The summed E-state index contributed by atoms with van der Waals surface area (Å²) in [6, 6.07) is 3.74. The largest absolute Gasteiger partial charge is 0.351 e. The number of nitrogens with zero attached hydrogens (tertiary/aromatic N) is 2. The lowest BCUT2D eigenvalue weighted by atomic mass is 10.0. The minimum Gasteiger partial charge on any atom is -0.351 e. The second-order valence-corrected chi connectivity index (χ2v) is 6.33. The summed E-state index contributed by atoms with van der Waals surface area (Å²) in [4.78, 5) is 31.1. The van der Waals surface area contributed by atoms with Crippen molar-refractivity contribution in [1.29, 1.82) is 0 Å². The van der Waals surface area contributed by atoms with Crippen LogP contribution in [0.2, 0.25) is 0 Å². The molecule has 5 nitrogen and oxygen atoms in total. The summed E-state index contributed by atoms with van der Waals surface area (Å²) >= 11 is 0. The van der Waals surface area contributed by atoms with Crippen LogP contribution in [0, 0.1) is 5.41 Å². The molecule has 1 saturated heterocycles. The monoisotopic (exact) mass is 301 g/mol. The Morgan fingerprint density at radius 2 is 1.73 bits per heavy atom. The van der Waals surface area contributed by atoms with Crippen molar-refractivity contribution >= 4 is 11.8 Å². The summed E-state index contributed by atoms with van der Waals surface area (Å²) in [6.07, 6.45) is 9.26. The molecule has 0 atom stereocenters. The Balaban J connectivity index is 1.60. The van der Waals surface area contributed by atoms with Crippen LogP contribution in [0.1, 0.15) is 44.1 Å². The Morgan fingerprint density at radius 3 is 2.32 bits per heavy atom. The van der Waals surface area contributed by atoms with Gasteiger partial charge < -0.3 is 10.2 Å². The second kappa shape index (κ2) is 6.46. The van der Waals surface area contributed by atoms with E-state index in [4.69, 9.17) is 0 Å². The number of carbonyl (C=O) groups is 2. The highest BCUT2D eigenvalue weighted by Crippen LogP contribution is 2.47. The molecule has 22 heavy (non-hydrogen) atoms. The van der Waals surface area contributed by atoms with Crippen LogP contribution in [0.25, 0.3) is 0 Å². The molecule has 0 spiro atoms. The van der Waals surface area contributed by atoms with Crippen molar-refractivity contribution in [2.24, 2.45) is 5.41 Å². The molecule has 1 aliphatic heterocycles. The van der Waals surface area contributed by atoms with E-state index in [2.05, 4.69) is 10.3 Å². The number of likely N-dealkylation sites (tertiary alicyclic amines) is 1. The zero-order chi connectivity index (χ0) is 15.4. The molecule has 1 aromatic rings. The molecule has 5 heteroatoms. The third-order valence-electron chi connectivity index (χ3n) is 4.69. The maximum absolute atomic E-state index is 12.7. The lowest BCUT2D eigenvalue weighted by Gasteiger charge is -2.25. The normalized spacial score (nSPS) is 20.1. The van der Waals surface area contributed by atoms with Gasteiger partial charge in [0.05, 0.1) is 0 Å². The topological polar surface area (TPSA) is 62.3 Å². The van der Waals surface area contributed by atoms with Crippen molar-refractivity contribution in [1.82, 2.24) is 15.2 Å². The highest BCUT2D eigenvalue weighted by molar-refractivity contribution is 6.07. The Hall–Kier alpha value is -1.91. The predicted octanol–water partition coefficient (Wildman–Crippen LogP) is 1.88. The number of aromatic nitrogens is 1. The van der Waals surface area contributed by atoms with E-state index in [0.29, 0.717) is 19.4 Å². The molecule has 2 heterocycles. The van der Waals surface area contributed by atoms with Crippen molar-refractivity contribution in [3.8, 4) is 0 Å². The summed E-state index contributed by atoms with van der Waals surface area (Å²) in [5.74, 6) is -0.0693. The zero-order valence-electron chi connectivity index (χ0n) is 12.9. The van der Waals surface area contributed by atoms with Gasteiger partial charge in [-0.15, -0.1) is 0 Å². The fourth-order valence-corrected chi connectivity index (χ4v) is 3.09. The quantitative estimate of drug-likeness (QED) is 0.864. The number of carbonyl (C=O) groups excluding carboxylic acids is 2. The Bertz CT molecular complexity index is 532. The SMILES string of the molecule is O=C(NCc1ccncc1)C1(C(=O)N2CCCCCC2)CC1. The smallest absolute Gasteiger partial charge is 0.238 e. The van der Waals surface area contributed by atoms with Crippen molar-refractivity contribution in [2.75, 3.05) is 13.1 Å². The first-order valence-corrected chi connectivity index (χ1v) is 8.19.